The number of hydrogen-bond donors (Lipinski definition) is 2. The summed E-state index contributed by atoms with van der Waals surface area (Å²) in [7, 11) is 0. The molecule has 0 spiro atoms. The minimum absolute atomic E-state index is 0.0331. The number of ether oxygens (including phenoxy) is 1. The van der Waals surface area contributed by atoms with Crippen molar-refractivity contribution in [3.8, 4) is 5.75 Å². The zero-order valence-corrected chi connectivity index (χ0v) is 21.1. The van der Waals surface area contributed by atoms with Crippen LogP contribution in [0.1, 0.15) is 66.2 Å². The molecule has 2 aromatic heterocycles. The highest BCUT2D eigenvalue weighted by Crippen LogP contribution is 2.24. The first-order valence-corrected chi connectivity index (χ1v) is 11.8. The third kappa shape index (κ3) is 5.99. The number of nitrogens with zero attached hydrogens (tertiary/aromatic N) is 3. The van der Waals surface area contributed by atoms with Crippen molar-refractivity contribution in [2.75, 3.05) is 6.61 Å². The van der Waals surface area contributed by atoms with E-state index in [1.54, 1.807) is 25.1 Å². The van der Waals surface area contributed by atoms with Gasteiger partial charge in [-0.3, -0.25) is 19.2 Å². The van der Waals surface area contributed by atoms with Crippen LogP contribution < -0.4 is 15.4 Å². The number of halogens is 1. The molecule has 11 heteroatoms. The van der Waals surface area contributed by atoms with Gasteiger partial charge in [0.2, 0.25) is 0 Å². The van der Waals surface area contributed by atoms with Gasteiger partial charge < -0.3 is 15.4 Å². The summed E-state index contributed by atoms with van der Waals surface area (Å²) in [4.78, 5) is 54.1. The molecule has 37 heavy (non-hydrogen) atoms. The monoisotopic (exact) mass is 509 g/mol. The van der Waals surface area contributed by atoms with Gasteiger partial charge in [0.1, 0.15) is 23.7 Å². The van der Waals surface area contributed by atoms with E-state index in [0.717, 1.165) is 21.8 Å². The normalized spacial score (nSPS) is 14.0. The number of amides is 2. The summed E-state index contributed by atoms with van der Waals surface area (Å²) in [6, 6.07) is 5.67. The molecule has 10 nitrogen and oxygen atoms in total. The average molecular weight is 510 g/mol. The minimum atomic E-state index is -0.806. The van der Waals surface area contributed by atoms with E-state index in [1.807, 2.05) is 20.8 Å². The number of rotatable bonds is 7. The van der Waals surface area contributed by atoms with E-state index in [4.69, 9.17) is 4.74 Å². The van der Waals surface area contributed by atoms with Crippen molar-refractivity contribution < 1.29 is 28.3 Å². The Kier molecular flexibility index (Phi) is 7.06. The van der Waals surface area contributed by atoms with Crippen LogP contribution in [0.5, 0.6) is 5.75 Å². The molecule has 2 amide bonds. The average Bonchev–Trinajstić information content (AvgIpc) is 3.21. The Morgan fingerprint density at radius 3 is 2.68 bits per heavy atom. The Bertz CT molecular complexity index is 1410. The molecule has 3 heterocycles. The van der Waals surface area contributed by atoms with Crippen molar-refractivity contribution in [1.29, 1.82) is 0 Å². The second-order valence-corrected chi connectivity index (χ2v) is 10.3. The van der Waals surface area contributed by atoms with E-state index < -0.39 is 23.7 Å². The Morgan fingerprint density at radius 2 is 1.95 bits per heavy atom. The maximum Gasteiger partial charge on any atom is 0.270 e. The third-order valence-electron chi connectivity index (χ3n) is 5.78. The van der Waals surface area contributed by atoms with Crippen molar-refractivity contribution in [2.45, 2.75) is 53.1 Å². The van der Waals surface area contributed by atoms with Crippen LogP contribution >= 0.6 is 0 Å². The summed E-state index contributed by atoms with van der Waals surface area (Å²) in [6.45, 7) is 7.47. The quantitative estimate of drug-likeness (QED) is 0.500. The zero-order valence-electron chi connectivity index (χ0n) is 21.1. The van der Waals surface area contributed by atoms with Crippen LogP contribution in [0, 0.1) is 11.2 Å². The van der Waals surface area contributed by atoms with Crippen molar-refractivity contribution in [3.63, 3.8) is 0 Å². The third-order valence-corrected chi connectivity index (χ3v) is 5.78. The van der Waals surface area contributed by atoms with E-state index in [2.05, 4.69) is 20.7 Å². The molecule has 194 valence electrons. The number of benzene rings is 1. The Labute approximate surface area is 212 Å². The summed E-state index contributed by atoms with van der Waals surface area (Å²) >= 11 is 0. The number of hydrogen-bond acceptors (Lipinski definition) is 7. The number of carbonyl (C=O) groups is 4. The number of carbonyl (C=O) groups excluding carboxylic acids is 4. The van der Waals surface area contributed by atoms with Crippen molar-refractivity contribution in [3.05, 3.63) is 58.8 Å². The van der Waals surface area contributed by atoms with Gasteiger partial charge in [-0.25, -0.2) is 13.9 Å². The highest BCUT2D eigenvalue weighted by Gasteiger charge is 2.25. The Balaban J connectivity index is 1.53. The maximum absolute atomic E-state index is 14.3. The highest BCUT2D eigenvalue weighted by molar-refractivity contribution is 6.00. The van der Waals surface area contributed by atoms with Gasteiger partial charge in [0, 0.05) is 31.0 Å². The topological polar surface area (TPSA) is 132 Å². The molecule has 1 aliphatic rings. The molecule has 0 saturated heterocycles. The maximum atomic E-state index is 14.3. The molecule has 0 radical (unpaired) electrons. The van der Waals surface area contributed by atoms with Crippen LogP contribution in [0.15, 0.2) is 30.5 Å². The lowest BCUT2D eigenvalue weighted by atomic mass is 9.88. The van der Waals surface area contributed by atoms with Crippen LogP contribution in [-0.2, 0) is 22.6 Å². The number of nitrogens with one attached hydrogen (secondary N) is 2. The molecule has 1 atom stereocenters. The van der Waals surface area contributed by atoms with Gasteiger partial charge in [-0.1, -0.05) is 26.8 Å². The molecule has 2 N–H and O–H groups in total. The molecule has 0 fully saturated rings. The molecule has 3 aromatic rings. The van der Waals surface area contributed by atoms with Gasteiger partial charge in [-0.05, 0) is 30.0 Å². The van der Waals surface area contributed by atoms with Crippen molar-refractivity contribution >= 4 is 29.0 Å². The number of fused-ring (bicyclic) bond motifs is 2. The van der Waals surface area contributed by atoms with Gasteiger partial charge in [0.05, 0.1) is 12.2 Å². The smallest absolute Gasteiger partial charge is 0.270 e. The van der Waals surface area contributed by atoms with Crippen LogP contribution in [0.2, 0.25) is 0 Å². The molecule has 1 aliphatic heterocycles. The van der Waals surface area contributed by atoms with Crippen molar-refractivity contribution in [2.24, 2.45) is 5.41 Å². The molecule has 1 aromatic carbocycles. The predicted molar refractivity (Wildman–Crippen MR) is 131 cm³/mol. The molecule has 4 rings (SSSR count). The summed E-state index contributed by atoms with van der Waals surface area (Å²) in [5.74, 6) is -1.70. The van der Waals surface area contributed by atoms with Gasteiger partial charge in [-0.2, -0.15) is 5.10 Å². The summed E-state index contributed by atoms with van der Waals surface area (Å²) in [5, 5.41) is 9.16. The largest absolute Gasteiger partial charge is 0.486 e. The van der Waals surface area contributed by atoms with Gasteiger partial charge >= 0.3 is 0 Å². The first-order chi connectivity index (χ1) is 17.4. The first-order valence-electron chi connectivity index (χ1n) is 11.8. The van der Waals surface area contributed by atoms with E-state index in [-0.39, 0.29) is 60.0 Å². The second kappa shape index (κ2) is 10.1. The van der Waals surface area contributed by atoms with E-state index in [0.29, 0.717) is 5.75 Å². The Morgan fingerprint density at radius 1 is 1.19 bits per heavy atom. The number of Topliss-reactive ketones (excluding diaryl/α,β-unsaturated/α-hetero) is 2. The van der Waals surface area contributed by atoms with Crippen molar-refractivity contribution in [1.82, 2.24) is 25.2 Å². The molecule has 0 saturated carbocycles. The molecule has 0 aliphatic carbocycles. The van der Waals surface area contributed by atoms with E-state index in [1.165, 1.54) is 6.07 Å². The molecule has 0 bridgehead atoms. The zero-order chi connectivity index (χ0) is 26.9. The minimum Gasteiger partial charge on any atom is -0.486 e. The lowest BCUT2D eigenvalue weighted by Crippen LogP contribution is -2.40. The van der Waals surface area contributed by atoms with Gasteiger partial charge in [0.25, 0.3) is 11.8 Å². The lowest BCUT2D eigenvalue weighted by molar-refractivity contribution is -0.122. The fourth-order valence-electron chi connectivity index (χ4n) is 3.96. The van der Waals surface area contributed by atoms with E-state index in [9.17, 15) is 23.6 Å². The summed E-state index contributed by atoms with van der Waals surface area (Å²) in [6.07, 6.45) is 1.41. The van der Waals surface area contributed by atoms with Gasteiger partial charge in [0.15, 0.2) is 23.0 Å². The standard InChI is InChI=1S/C26H28FN5O5/c1-14(21(34)10-26(2,3)4)30-25(36)20-9-19(31-23-18(27)12-29-32(20)23)24(35)28-11-15-5-6-22-16(7-15)8-17(33)13-37-22/h5-7,9,12,14H,8,10-11,13H2,1-4H3,(H,28,35)(H,30,36)/t14-/m0/s1. The highest BCUT2D eigenvalue weighted by atomic mass is 19.1. The lowest BCUT2D eigenvalue weighted by Gasteiger charge is -2.20. The summed E-state index contributed by atoms with van der Waals surface area (Å²) in [5.41, 5.74) is 0.581. The number of ketones is 2. The molecular formula is C26H28FN5O5. The molecule has 0 unspecified atom stereocenters. The fourth-order valence-corrected chi connectivity index (χ4v) is 3.96. The SMILES string of the molecule is C[C@H](NC(=O)c1cc(C(=O)NCc2ccc3c(c2)CC(=O)CO3)nc2c(F)cnn12)C(=O)CC(C)(C)C. The summed E-state index contributed by atoms with van der Waals surface area (Å²) < 4.78 is 20.7. The van der Waals surface area contributed by atoms with Crippen LogP contribution in [0.25, 0.3) is 5.65 Å². The number of aromatic nitrogens is 3. The van der Waals surface area contributed by atoms with Crippen LogP contribution in [-0.4, -0.2) is 50.6 Å². The van der Waals surface area contributed by atoms with E-state index >= 15 is 0 Å². The Hall–Kier alpha value is -4.15. The first kappa shape index (κ1) is 25.9. The predicted octanol–water partition coefficient (Wildman–Crippen LogP) is 2.43. The van der Waals surface area contributed by atoms with Gasteiger partial charge in [-0.15, -0.1) is 0 Å². The van der Waals surface area contributed by atoms with Crippen LogP contribution in [0.3, 0.4) is 0 Å². The molecular weight excluding hydrogens is 481 g/mol. The van der Waals surface area contributed by atoms with Crippen LogP contribution in [0.4, 0.5) is 4.39 Å². The second-order valence-electron chi connectivity index (χ2n) is 10.3. The fraction of sp³-hybridized carbons (Fsp3) is 0.385.